The van der Waals surface area contributed by atoms with E-state index in [1.165, 1.54) is 27.8 Å². The second kappa shape index (κ2) is 6.39. The molecule has 5 rings (SSSR count). The van der Waals surface area contributed by atoms with Crippen molar-refractivity contribution in [2.75, 3.05) is 6.54 Å². The van der Waals surface area contributed by atoms with Crippen LogP contribution in [0.4, 0.5) is 0 Å². The Morgan fingerprint density at radius 3 is 2.77 bits per heavy atom. The Hall–Kier alpha value is -2.98. The fourth-order valence-corrected chi connectivity index (χ4v) is 3.86. The number of H-pyrrole nitrogens is 1. The van der Waals surface area contributed by atoms with E-state index in [0.29, 0.717) is 0 Å². The molecule has 1 aliphatic rings. The summed E-state index contributed by atoms with van der Waals surface area (Å²) in [7, 11) is 0. The Kier molecular flexibility index (Phi) is 3.76. The number of fused-ring (bicyclic) bond motifs is 2. The molecule has 0 aliphatic carbocycles. The molecule has 4 nitrogen and oxygen atoms in total. The Morgan fingerprint density at radius 1 is 0.962 bits per heavy atom. The van der Waals surface area contributed by atoms with Crippen molar-refractivity contribution < 1.29 is 0 Å². The molecule has 0 amide bonds. The maximum atomic E-state index is 4.60. The highest BCUT2D eigenvalue weighted by Crippen LogP contribution is 2.29. The number of pyridine rings is 1. The smallest absolute Gasteiger partial charge is 0.0968 e. The van der Waals surface area contributed by atoms with Gasteiger partial charge in [0.1, 0.15) is 0 Å². The van der Waals surface area contributed by atoms with Crippen molar-refractivity contribution in [3.05, 3.63) is 83.7 Å². The van der Waals surface area contributed by atoms with Crippen molar-refractivity contribution >= 4 is 10.9 Å². The largest absolute Gasteiger partial charge is 0.294 e. The monoisotopic (exact) mass is 340 g/mol. The first-order chi connectivity index (χ1) is 12.9. The molecule has 0 bridgehead atoms. The number of hydrogen-bond acceptors (Lipinski definition) is 3. The molecule has 0 unspecified atom stereocenters. The molecule has 3 heterocycles. The molecular formula is C22H20N4. The molecular weight excluding hydrogens is 320 g/mol. The van der Waals surface area contributed by atoms with Crippen LogP contribution < -0.4 is 0 Å². The van der Waals surface area contributed by atoms with Crippen molar-refractivity contribution in [2.45, 2.75) is 19.5 Å². The molecule has 128 valence electrons. The summed E-state index contributed by atoms with van der Waals surface area (Å²) in [6, 6.07) is 21.0. The molecule has 0 saturated heterocycles. The van der Waals surface area contributed by atoms with Crippen molar-refractivity contribution in [1.29, 1.82) is 0 Å². The zero-order valence-corrected chi connectivity index (χ0v) is 14.5. The highest BCUT2D eigenvalue weighted by molar-refractivity contribution is 5.81. The number of para-hydroxylation sites is 1. The van der Waals surface area contributed by atoms with Crippen LogP contribution in [0.2, 0.25) is 0 Å². The molecule has 0 atom stereocenters. The summed E-state index contributed by atoms with van der Waals surface area (Å²) in [5.41, 5.74) is 7.26. The predicted octanol–water partition coefficient (Wildman–Crippen LogP) is 4.18. The van der Waals surface area contributed by atoms with E-state index in [0.717, 1.165) is 37.3 Å². The number of aromatic amines is 1. The first-order valence-electron chi connectivity index (χ1n) is 9.05. The Bertz CT molecular complexity index is 1050. The molecule has 4 heteroatoms. The van der Waals surface area contributed by atoms with E-state index in [4.69, 9.17) is 0 Å². The molecule has 2 aromatic heterocycles. The van der Waals surface area contributed by atoms with E-state index >= 15 is 0 Å². The number of nitrogens with one attached hydrogen (secondary N) is 1. The predicted molar refractivity (Wildman–Crippen MR) is 104 cm³/mol. The average Bonchev–Trinajstić information content (AvgIpc) is 3.12. The standard InChI is InChI=1S/C22H20N4/c1-2-6-17(7-3-1)22-19-15-26(13-11-20(19)24-25-22)14-18-9-4-8-16-10-5-12-23-21(16)18/h1-10,12H,11,13-15H2,(H,24,25). The highest BCUT2D eigenvalue weighted by atomic mass is 15.2. The molecule has 0 spiro atoms. The summed E-state index contributed by atoms with van der Waals surface area (Å²) in [4.78, 5) is 7.09. The second-order valence-electron chi connectivity index (χ2n) is 6.85. The first-order valence-corrected chi connectivity index (χ1v) is 9.05. The topological polar surface area (TPSA) is 44.8 Å². The number of aromatic nitrogens is 3. The third-order valence-electron chi connectivity index (χ3n) is 5.17. The molecule has 0 fully saturated rings. The minimum absolute atomic E-state index is 0.910. The van der Waals surface area contributed by atoms with Gasteiger partial charge < -0.3 is 0 Å². The molecule has 1 N–H and O–H groups in total. The van der Waals surface area contributed by atoms with Gasteiger partial charge in [0.25, 0.3) is 0 Å². The SMILES string of the molecule is c1ccc(-c2n[nH]c3c2CN(Cc2cccc4cccnc24)CC3)cc1. The maximum Gasteiger partial charge on any atom is 0.0968 e. The summed E-state index contributed by atoms with van der Waals surface area (Å²) in [5.74, 6) is 0. The molecule has 26 heavy (non-hydrogen) atoms. The van der Waals surface area contributed by atoms with Gasteiger partial charge in [-0.25, -0.2) is 0 Å². The Balaban J connectivity index is 1.45. The lowest BCUT2D eigenvalue weighted by atomic mass is 10.0. The van der Waals surface area contributed by atoms with Crippen LogP contribution in [0.5, 0.6) is 0 Å². The number of benzene rings is 2. The number of nitrogens with zero attached hydrogens (tertiary/aromatic N) is 3. The van der Waals surface area contributed by atoms with Gasteiger partial charge in [-0.05, 0) is 11.6 Å². The van der Waals surface area contributed by atoms with E-state index in [1.54, 1.807) is 0 Å². The van der Waals surface area contributed by atoms with Gasteiger partial charge >= 0.3 is 0 Å². The van der Waals surface area contributed by atoms with Gasteiger partial charge in [-0.1, -0.05) is 54.6 Å². The fraction of sp³-hybridized carbons (Fsp3) is 0.182. The molecule has 1 aliphatic heterocycles. The van der Waals surface area contributed by atoms with E-state index in [2.05, 4.69) is 68.6 Å². The van der Waals surface area contributed by atoms with E-state index in [1.807, 2.05) is 18.3 Å². The van der Waals surface area contributed by atoms with Gasteiger partial charge in [0.15, 0.2) is 0 Å². The quantitative estimate of drug-likeness (QED) is 0.608. The molecule has 4 aromatic rings. The Morgan fingerprint density at radius 2 is 1.85 bits per heavy atom. The van der Waals surface area contributed by atoms with E-state index in [-0.39, 0.29) is 0 Å². The van der Waals surface area contributed by atoms with Crippen molar-refractivity contribution in [2.24, 2.45) is 0 Å². The molecule has 0 radical (unpaired) electrons. The lowest BCUT2D eigenvalue weighted by Crippen LogP contribution is -2.30. The van der Waals surface area contributed by atoms with Crippen molar-refractivity contribution in [1.82, 2.24) is 20.1 Å². The summed E-state index contributed by atoms with van der Waals surface area (Å²) in [6.07, 6.45) is 2.89. The number of rotatable bonds is 3. The highest BCUT2D eigenvalue weighted by Gasteiger charge is 2.23. The van der Waals surface area contributed by atoms with Crippen LogP contribution in [0.1, 0.15) is 16.8 Å². The summed E-state index contributed by atoms with van der Waals surface area (Å²) in [5, 5.41) is 9.05. The summed E-state index contributed by atoms with van der Waals surface area (Å²) >= 11 is 0. The molecule has 0 saturated carbocycles. The van der Waals surface area contributed by atoms with E-state index in [9.17, 15) is 0 Å². The zero-order valence-electron chi connectivity index (χ0n) is 14.5. The summed E-state index contributed by atoms with van der Waals surface area (Å²) < 4.78 is 0. The lowest BCUT2D eigenvalue weighted by molar-refractivity contribution is 0.246. The fourth-order valence-electron chi connectivity index (χ4n) is 3.86. The summed E-state index contributed by atoms with van der Waals surface area (Å²) in [6.45, 7) is 2.86. The minimum atomic E-state index is 0.910. The lowest BCUT2D eigenvalue weighted by Gasteiger charge is -2.27. The number of hydrogen-bond donors (Lipinski definition) is 1. The first kappa shape index (κ1) is 15.3. The van der Waals surface area contributed by atoms with Gasteiger partial charge in [0.05, 0.1) is 11.2 Å². The van der Waals surface area contributed by atoms with Crippen LogP contribution >= 0.6 is 0 Å². The van der Waals surface area contributed by atoms with Gasteiger partial charge in [0.2, 0.25) is 0 Å². The normalized spacial score (nSPS) is 14.5. The third kappa shape index (κ3) is 2.68. The third-order valence-corrected chi connectivity index (χ3v) is 5.17. The zero-order chi connectivity index (χ0) is 17.3. The van der Waals surface area contributed by atoms with Gasteiger partial charge in [0, 0.05) is 54.5 Å². The Labute approximate surface area is 152 Å². The van der Waals surface area contributed by atoms with Crippen LogP contribution in [0.15, 0.2) is 66.9 Å². The van der Waals surface area contributed by atoms with Crippen LogP contribution in [0, 0.1) is 0 Å². The second-order valence-corrected chi connectivity index (χ2v) is 6.85. The van der Waals surface area contributed by atoms with Crippen molar-refractivity contribution in [3.8, 4) is 11.3 Å². The maximum absolute atomic E-state index is 4.60. The van der Waals surface area contributed by atoms with Crippen LogP contribution in [0.3, 0.4) is 0 Å². The van der Waals surface area contributed by atoms with Crippen LogP contribution in [-0.4, -0.2) is 26.6 Å². The van der Waals surface area contributed by atoms with Gasteiger partial charge in [-0.15, -0.1) is 0 Å². The van der Waals surface area contributed by atoms with Crippen LogP contribution in [-0.2, 0) is 19.5 Å². The average molecular weight is 340 g/mol. The van der Waals surface area contributed by atoms with E-state index < -0.39 is 0 Å². The van der Waals surface area contributed by atoms with Gasteiger partial charge in [-0.3, -0.25) is 15.0 Å². The molecule has 2 aromatic carbocycles. The van der Waals surface area contributed by atoms with Crippen LogP contribution in [0.25, 0.3) is 22.2 Å². The van der Waals surface area contributed by atoms with Crippen molar-refractivity contribution in [3.63, 3.8) is 0 Å². The minimum Gasteiger partial charge on any atom is -0.294 e. The van der Waals surface area contributed by atoms with Gasteiger partial charge in [-0.2, -0.15) is 5.10 Å².